The van der Waals surface area contributed by atoms with E-state index in [9.17, 15) is 4.79 Å². The molecule has 0 aliphatic carbocycles. The Labute approximate surface area is 135 Å². The highest BCUT2D eigenvalue weighted by atomic mass is 16.5. The molecule has 1 aliphatic heterocycles. The molecule has 0 saturated heterocycles. The molecule has 0 saturated carbocycles. The van der Waals surface area contributed by atoms with E-state index in [1.165, 1.54) is 0 Å². The van der Waals surface area contributed by atoms with Crippen LogP contribution in [0.2, 0.25) is 0 Å². The number of Topliss-reactive ketones (excluding diaryl/α,β-unsaturated/α-hetero) is 1. The van der Waals surface area contributed by atoms with Crippen LogP contribution < -0.4 is 19.5 Å². The van der Waals surface area contributed by atoms with Crippen LogP contribution in [0.5, 0.6) is 17.2 Å². The monoisotopic (exact) mass is 313 g/mol. The van der Waals surface area contributed by atoms with Gasteiger partial charge in [-0.15, -0.1) is 0 Å². The van der Waals surface area contributed by atoms with Crippen LogP contribution in [0.25, 0.3) is 0 Å². The normalized spacial score (nSPS) is 16.3. The zero-order chi connectivity index (χ0) is 16.4. The number of fused-ring (bicyclic) bond motifs is 1. The lowest BCUT2D eigenvalue weighted by atomic mass is 9.86. The van der Waals surface area contributed by atoms with Crippen LogP contribution in [-0.4, -0.2) is 33.7 Å². The van der Waals surface area contributed by atoms with Gasteiger partial charge >= 0.3 is 0 Å². The standard InChI is InChI=1S/C18H19NO4/c1-21-12-6-4-11(5-7-12)14-10-19-15-8-13(22-2)9-16(23-3)17(15)18(14)20/h4-9,14,19H,10H2,1-3H3/t14-/m1/s1. The van der Waals surface area contributed by atoms with Crippen molar-refractivity contribution in [3.63, 3.8) is 0 Å². The van der Waals surface area contributed by atoms with Crippen molar-refractivity contribution >= 4 is 11.5 Å². The van der Waals surface area contributed by atoms with Gasteiger partial charge in [-0.1, -0.05) is 12.1 Å². The van der Waals surface area contributed by atoms with E-state index in [-0.39, 0.29) is 11.7 Å². The number of ether oxygens (including phenoxy) is 3. The molecule has 1 N–H and O–H groups in total. The summed E-state index contributed by atoms with van der Waals surface area (Å²) in [6.45, 7) is 0.536. The maximum Gasteiger partial charge on any atom is 0.177 e. The molecule has 3 rings (SSSR count). The smallest absolute Gasteiger partial charge is 0.177 e. The van der Waals surface area contributed by atoms with Gasteiger partial charge in [0.25, 0.3) is 0 Å². The minimum absolute atomic E-state index is 0.0448. The molecule has 5 nitrogen and oxygen atoms in total. The lowest BCUT2D eigenvalue weighted by Gasteiger charge is -2.27. The summed E-state index contributed by atoms with van der Waals surface area (Å²) < 4.78 is 15.8. The lowest BCUT2D eigenvalue weighted by molar-refractivity contribution is 0.0957. The zero-order valence-corrected chi connectivity index (χ0v) is 13.4. The van der Waals surface area contributed by atoms with E-state index >= 15 is 0 Å². The first-order chi connectivity index (χ1) is 11.2. The molecule has 23 heavy (non-hydrogen) atoms. The van der Waals surface area contributed by atoms with Crippen molar-refractivity contribution in [1.82, 2.24) is 0 Å². The van der Waals surface area contributed by atoms with Gasteiger partial charge in [0.1, 0.15) is 17.2 Å². The first-order valence-electron chi connectivity index (χ1n) is 7.36. The van der Waals surface area contributed by atoms with Gasteiger partial charge in [-0.25, -0.2) is 0 Å². The molecule has 1 aliphatic rings. The number of carbonyl (C=O) groups is 1. The van der Waals surface area contributed by atoms with Crippen molar-refractivity contribution in [3.05, 3.63) is 47.5 Å². The van der Waals surface area contributed by atoms with E-state index < -0.39 is 0 Å². The van der Waals surface area contributed by atoms with Gasteiger partial charge in [0.15, 0.2) is 5.78 Å². The second kappa shape index (κ2) is 6.20. The van der Waals surface area contributed by atoms with Gasteiger partial charge in [-0.3, -0.25) is 4.79 Å². The van der Waals surface area contributed by atoms with Gasteiger partial charge in [0, 0.05) is 18.7 Å². The number of carbonyl (C=O) groups excluding carboxylic acids is 1. The van der Waals surface area contributed by atoms with Gasteiger partial charge in [0.2, 0.25) is 0 Å². The summed E-state index contributed by atoms with van der Waals surface area (Å²) in [5.41, 5.74) is 2.27. The minimum atomic E-state index is -0.254. The number of nitrogens with one attached hydrogen (secondary N) is 1. The molecule has 0 radical (unpaired) electrons. The molecule has 0 aromatic heterocycles. The average Bonchev–Trinajstić information content (AvgIpc) is 2.61. The van der Waals surface area contributed by atoms with Crippen molar-refractivity contribution in [3.8, 4) is 17.2 Å². The predicted molar refractivity (Wildman–Crippen MR) is 88.1 cm³/mol. The molecule has 1 heterocycles. The summed E-state index contributed by atoms with van der Waals surface area (Å²) in [7, 11) is 4.77. The van der Waals surface area contributed by atoms with E-state index in [1.54, 1.807) is 27.4 Å². The number of anilines is 1. The number of hydrogen-bond donors (Lipinski definition) is 1. The summed E-state index contributed by atoms with van der Waals surface area (Å²) in [6.07, 6.45) is 0. The Kier molecular flexibility index (Phi) is 4.10. The third-order valence-corrected chi connectivity index (χ3v) is 4.11. The summed E-state index contributed by atoms with van der Waals surface area (Å²) in [5, 5.41) is 3.31. The number of benzene rings is 2. The molecule has 2 aromatic carbocycles. The average molecular weight is 313 g/mol. The third-order valence-electron chi connectivity index (χ3n) is 4.11. The molecule has 0 fully saturated rings. The molecular weight excluding hydrogens is 294 g/mol. The molecule has 0 unspecified atom stereocenters. The highest BCUT2D eigenvalue weighted by Crippen LogP contribution is 2.39. The van der Waals surface area contributed by atoms with E-state index in [1.807, 2.05) is 30.3 Å². The predicted octanol–water partition coefficient (Wildman–Crippen LogP) is 3.10. The van der Waals surface area contributed by atoms with E-state index in [2.05, 4.69) is 5.32 Å². The van der Waals surface area contributed by atoms with Crippen molar-refractivity contribution in [2.75, 3.05) is 33.2 Å². The molecule has 0 amide bonds. The first kappa shape index (κ1) is 15.2. The molecular formula is C18H19NO4. The summed E-state index contributed by atoms with van der Waals surface area (Å²) in [6, 6.07) is 11.1. The topological polar surface area (TPSA) is 56.8 Å². The molecule has 1 atom stereocenters. The summed E-state index contributed by atoms with van der Waals surface area (Å²) in [5.74, 6) is 1.74. The summed E-state index contributed by atoms with van der Waals surface area (Å²) >= 11 is 0. The van der Waals surface area contributed by atoms with Crippen molar-refractivity contribution < 1.29 is 19.0 Å². The largest absolute Gasteiger partial charge is 0.497 e. The van der Waals surface area contributed by atoms with Gasteiger partial charge in [0.05, 0.1) is 38.5 Å². The van der Waals surface area contributed by atoms with Crippen LogP contribution in [0.4, 0.5) is 5.69 Å². The lowest BCUT2D eigenvalue weighted by Crippen LogP contribution is -2.28. The Morgan fingerprint density at radius 1 is 0.957 bits per heavy atom. The number of hydrogen-bond acceptors (Lipinski definition) is 5. The highest BCUT2D eigenvalue weighted by molar-refractivity contribution is 6.09. The van der Waals surface area contributed by atoms with Crippen LogP contribution in [-0.2, 0) is 0 Å². The van der Waals surface area contributed by atoms with Crippen LogP contribution in [0.3, 0.4) is 0 Å². The minimum Gasteiger partial charge on any atom is -0.497 e. The molecule has 2 aromatic rings. The maximum atomic E-state index is 13.0. The van der Waals surface area contributed by atoms with Crippen molar-refractivity contribution in [2.24, 2.45) is 0 Å². The molecule has 5 heteroatoms. The van der Waals surface area contributed by atoms with Gasteiger partial charge in [-0.2, -0.15) is 0 Å². The fourth-order valence-corrected chi connectivity index (χ4v) is 2.85. The number of methoxy groups -OCH3 is 3. The third kappa shape index (κ3) is 2.70. The van der Waals surface area contributed by atoms with Gasteiger partial charge in [-0.05, 0) is 17.7 Å². The molecule has 120 valence electrons. The first-order valence-corrected chi connectivity index (χ1v) is 7.36. The maximum absolute atomic E-state index is 13.0. The Bertz CT molecular complexity index is 707. The quantitative estimate of drug-likeness (QED) is 0.940. The SMILES string of the molecule is COc1ccc([C@H]2CNc3cc(OC)cc(OC)c3C2=O)cc1. The molecule has 0 bridgehead atoms. The van der Waals surface area contributed by atoms with E-state index in [0.717, 1.165) is 17.0 Å². The Balaban J connectivity index is 1.99. The van der Waals surface area contributed by atoms with Crippen LogP contribution in [0, 0.1) is 0 Å². The fourth-order valence-electron chi connectivity index (χ4n) is 2.85. The van der Waals surface area contributed by atoms with Crippen LogP contribution >= 0.6 is 0 Å². The molecule has 0 spiro atoms. The number of ketones is 1. The highest BCUT2D eigenvalue weighted by Gasteiger charge is 2.32. The summed E-state index contributed by atoms with van der Waals surface area (Å²) in [4.78, 5) is 13.0. The number of rotatable bonds is 4. The van der Waals surface area contributed by atoms with E-state index in [0.29, 0.717) is 23.6 Å². The van der Waals surface area contributed by atoms with Crippen molar-refractivity contribution in [1.29, 1.82) is 0 Å². The van der Waals surface area contributed by atoms with Crippen LogP contribution in [0.1, 0.15) is 21.8 Å². The van der Waals surface area contributed by atoms with Gasteiger partial charge < -0.3 is 19.5 Å². The fraction of sp³-hybridized carbons (Fsp3) is 0.278. The van der Waals surface area contributed by atoms with Crippen molar-refractivity contribution in [2.45, 2.75) is 5.92 Å². The second-order valence-corrected chi connectivity index (χ2v) is 5.32. The Hall–Kier alpha value is -2.69. The zero-order valence-electron chi connectivity index (χ0n) is 13.4. The second-order valence-electron chi connectivity index (χ2n) is 5.32. The van der Waals surface area contributed by atoms with E-state index in [4.69, 9.17) is 14.2 Å². The van der Waals surface area contributed by atoms with Crippen LogP contribution in [0.15, 0.2) is 36.4 Å². The Morgan fingerprint density at radius 2 is 1.65 bits per heavy atom. The Morgan fingerprint density at radius 3 is 2.26 bits per heavy atom.